The number of benzene rings is 7. The van der Waals surface area contributed by atoms with Crippen LogP contribution in [0.2, 0.25) is 0 Å². The first kappa shape index (κ1) is 34.3. The summed E-state index contributed by atoms with van der Waals surface area (Å²) in [5, 5.41) is 14.2. The second-order valence-electron chi connectivity index (χ2n) is 13.6. The van der Waals surface area contributed by atoms with Crippen molar-refractivity contribution in [1.29, 1.82) is 0 Å². The Kier molecular flexibility index (Phi) is 8.74. The molecule has 9 rings (SSSR count). The van der Waals surface area contributed by atoms with Crippen LogP contribution in [0.15, 0.2) is 197 Å². The zero-order chi connectivity index (χ0) is 36.9. The summed E-state index contributed by atoms with van der Waals surface area (Å²) in [7, 11) is 1.69. The van der Waals surface area contributed by atoms with Crippen LogP contribution in [0.4, 0.5) is 0 Å². The number of aromatic nitrogens is 1. The fourth-order valence-corrected chi connectivity index (χ4v) is 9.09. The summed E-state index contributed by atoms with van der Waals surface area (Å²) in [6.45, 7) is 0. The molecule has 5 heteroatoms. The van der Waals surface area contributed by atoms with Crippen molar-refractivity contribution in [3.63, 3.8) is 0 Å². The molecule has 8 aromatic rings. The highest BCUT2D eigenvalue weighted by Crippen LogP contribution is 2.62. The van der Waals surface area contributed by atoms with E-state index in [0.29, 0.717) is 0 Å². The van der Waals surface area contributed by atoms with E-state index in [-0.39, 0.29) is 0 Å². The molecule has 0 fully saturated rings. The predicted octanol–water partition coefficient (Wildman–Crippen LogP) is 12.3. The van der Waals surface area contributed by atoms with Crippen molar-refractivity contribution in [2.24, 2.45) is 0 Å². The quantitative estimate of drug-likeness (QED) is 0.174. The molecule has 3 nitrogen and oxygen atoms in total. The summed E-state index contributed by atoms with van der Waals surface area (Å²) in [5.41, 5.74) is 9.09. The number of ether oxygens (including phenoxy) is 1. The molecule has 0 aliphatic heterocycles. The van der Waals surface area contributed by atoms with Crippen molar-refractivity contribution in [1.82, 2.24) is 4.57 Å². The minimum absolute atomic E-state index is 0.766. The van der Waals surface area contributed by atoms with Gasteiger partial charge in [0.05, 0.1) is 23.9 Å². The maximum absolute atomic E-state index is 14.2. The molecule has 1 aliphatic carbocycles. The zero-order valence-electron chi connectivity index (χ0n) is 29.5. The first-order chi connectivity index (χ1) is 26.5. The van der Waals surface area contributed by atoms with Gasteiger partial charge in [-0.1, -0.05) is 171 Å². The number of halogens is 2. The minimum atomic E-state index is -1.56. The van der Waals surface area contributed by atoms with Crippen LogP contribution in [0.3, 0.4) is 0 Å². The van der Waals surface area contributed by atoms with Gasteiger partial charge in [-0.05, 0) is 87.5 Å². The van der Waals surface area contributed by atoms with Crippen LogP contribution in [0, 0.1) is 0 Å². The Morgan fingerprint density at radius 1 is 0.463 bits per heavy atom. The normalized spacial score (nSPS) is 15.6. The van der Waals surface area contributed by atoms with Crippen LogP contribution >= 0.6 is 31.9 Å². The van der Waals surface area contributed by atoms with Gasteiger partial charge in [0.15, 0.2) is 0 Å². The van der Waals surface area contributed by atoms with E-state index >= 15 is 0 Å². The number of nitrogens with zero attached hydrogens (tertiary/aromatic N) is 1. The number of hydrogen-bond acceptors (Lipinski definition) is 2. The molecule has 0 saturated carbocycles. The van der Waals surface area contributed by atoms with E-state index in [2.05, 4.69) is 176 Å². The average molecular weight is 830 g/mol. The maximum Gasteiger partial charge on any atom is 0.143 e. The predicted molar refractivity (Wildman–Crippen MR) is 225 cm³/mol. The topological polar surface area (TPSA) is 34.4 Å². The number of methoxy groups -OCH3 is 1. The SMILES string of the molecule is COc1ccc(-n2c(-c3ccc(Br)cc3)c3c(c2-c2ccc(Br)cc2)C(c2ccccc2)(c2ccccc2)c2ccccc2C3(O)c2ccccc2)cc1. The summed E-state index contributed by atoms with van der Waals surface area (Å²) >= 11 is 7.43. The van der Waals surface area contributed by atoms with Crippen molar-refractivity contribution >= 4 is 31.9 Å². The summed E-state index contributed by atoms with van der Waals surface area (Å²) in [4.78, 5) is 0. The Bertz CT molecular complexity index is 2540. The fraction of sp³-hybridized carbons (Fsp3) is 0.0612. The summed E-state index contributed by atoms with van der Waals surface area (Å²) in [6, 6.07) is 65.4. The third-order valence-corrected chi connectivity index (χ3v) is 11.9. The summed E-state index contributed by atoms with van der Waals surface area (Å²) in [6.07, 6.45) is 0. The van der Waals surface area contributed by atoms with Gasteiger partial charge in [-0.3, -0.25) is 0 Å². The molecular formula is C49H35Br2NO2. The highest BCUT2D eigenvalue weighted by atomic mass is 79.9. The van der Waals surface area contributed by atoms with Crippen LogP contribution in [-0.2, 0) is 11.0 Å². The molecule has 0 spiro atoms. The Hall–Kier alpha value is -5.46. The van der Waals surface area contributed by atoms with E-state index in [1.807, 2.05) is 48.5 Å². The lowest BCUT2D eigenvalue weighted by Gasteiger charge is -2.47. The third-order valence-electron chi connectivity index (χ3n) is 10.8. The Balaban J connectivity index is 1.61. The molecule has 1 unspecified atom stereocenters. The monoisotopic (exact) mass is 827 g/mol. The van der Waals surface area contributed by atoms with Crippen LogP contribution in [-0.4, -0.2) is 16.8 Å². The molecule has 0 radical (unpaired) electrons. The summed E-state index contributed by atoms with van der Waals surface area (Å²) < 4.78 is 9.98. The molecule has 1 N–H and O–H groups in total. The Labute approximate surface area is 332 Å². The number of fused-ring (bicyclic) bond motifs is 2. The second-order valence-corrected chi connectivity index (χ2v) is 15.4. The molecule has 0 amide bonds. The molecular weight excluding hydrogens is 794 g/mol. The number of rotatable bonds is 7. The third kappa shape index (κ3) is 5.25. The molecule has 1 heterocycles. The largest absolute Gasteiger partial charge is 0.497 e. The average Bonchev–Trinajstić information content (AvgIpc) is 3.60. The van der Waals surface area contributed by atoms with Crippen LogP contribution in [0.1, 0.15) is 38.9 Å². The number of hydrogen-bond donors (Lipinski definition) is 1. The molecule has 262 valence electrons. The highest BCUT2D eigenvalue weighted by molar-refractivity contribution is 9.10. The van der Waals surface area contributed by atoms with E-state index < -0.39 is 11.0 Å². The zero-order valence-corrected chi connectivity index (χ0v) is 32.6. The van der Waals surface area contributed by atoms with Gasteiger partial charge in [-0.2, -0.15) is 0 Å². The Morgan fingerprint density at radius 2 is 0.889 bits per heavy atom. The molecule has 54 heavy (non-hydrogen) atoms. The lowest BCUT2D eigenvalue weighted by Crippen LogP contribution is -2.44. The van der Waals surface area contributed by atoms with Crippen LogP contribution in [0.5, 0.6) is 5.75 Å². The van der Waals surface area contributed by atoms with Gasteiger partial charge in [0.1, 0.15) is 11.4 Å². The second kappa shape index (κ2) is 13.7. The lowest BCUT2D eigenvalue weighted by atomic mass is 9.55. The van der Waals surface area contributed by atoms with E-state index in [9.17, 15) is 5.11 Å². The van der Waals surface area contributed by atoms with E-state index in [0.717, 1.165) is 81.8 Å². The van der Waals surface area contributed by atoms with E-state index in [1.165, 1.54) is 0 Å². The van der Waals surface area contributed by atoms with E-state index in [4.69, 9.17) is 4.74 Å². The molecule has 0 bridgehead atoms. The first-order valence-corrected chi connectivity index (χ1v) is 19.5. The van der Waals surface area contributed by atoms with Crippen molar-refractivity contribution < 1.29 is 9.84 Å². The summed E-state index contributed by atoms with van der Waals surface area (Å²) in [5.74, 6) is 0.766. The van der Waals surface area contributed by atoms with Gasteiger partial charge in [0, 0.05) is 25.8 Å². The van der Waals surface area contributed by atoms with Crippen molar-refractivity contribution in [2.45, 2.75) is 11.0 Å². The van der Waals surface area contributed by atoms with Crippen molar-refractivity contribution in [3.05, 3.63) is 236 Å². The van der Waals surface area contributed by atoms with Crippen molar-refractivity contribution in [3.8, 4) is 34.0 Å². The molecule has 1 atom stereocenters. The molecule has 7 aromatic carbocycles. The minimum Gasteiger partial charge on any atom is -0.497 e. The molecule has 1 aromatic heterocycles. The number of aliphatic hydroxyl groups is 1. The van der Waals surface area contributed by atoms with Crippen LogP contribution in [0.25, 0.3) is 28.2 Å². The molecule has 1 aliphatic rings. The smallest absolute Gasteiger partial charge is 0.143 e. The van der Waals surface area contributed by atoms with Crippen molar-refractivity contribution in [2.75, 3.05) is 7.11 Å². The Morgan fingerprint density at radius 3 is 1.37 bits per heavy atom. The lowest BCUT2D eigenvalue weighted by molar-refractivity contribution is 0.119. The fourth-order valence-electron chi connectivity index (χ4n) is 8.56. The van der Waals surface area contributed by atoms with Gasteiger partial charge in [-0.15, -0.1) is 0 Å². The first-order valence-electron chi connectivity index (χ1n) is 17.9. The van der Waals surface area contributed by atoms with E-state index in [1.54, 1.807) is 7.11 Å². The van der Waals surface area contributed by atoms with Gasteiger partial charge < -0.3 is 14.4 Å². The van der Waals surface area contributed by atoms with Gasteiger partial charge in [0.2, 0.25) is 0 Å². The standard InChI is InChI=1S/C49H35Br2NO2/c1-54-41-31-29-40(30-32-41)52-46(33-21-25-38(50)26-22-33)44-45(47(52)34-23-27-39(51)28-24-34)49(53,37-17-9-4-10-18-37)43-20-12-11-19-42(43)48(44,35-13-5-2-6-14-35)36-15-7-3-8-16-36/h2-32,53H,1H3. The van der Waals surface area contributed by atoms with Crippen LogP contribution < -0.4 is 4.74 Å². The van der Waals surface area contributed by atoms with Gasteiger partial charge in [-0.25, -0.2) is 0 Å². The molecule has 0 saturated heterocycles. The van der Waals surface area contributed by atoms with Gasteiger partial charge >= 0.3 is 0 Å². The highest BCUT2D eigenvalue weighted by Gasteiger charge is 2.56. The maximum atomic E-state index is 14.2. The van der Waals surface area contributed by atoms with Gasteiger partial charge in [0.25, 0.3) is 0 Å².